The average molecular weight is 292 g/mol. The number of nitrogens with zero attached hydrogens (tertiary/aromatic N) is 1. The Bertz CT molecular complexity index is 570. The van der Waals surface area contributed by atoms with Crippen molar-refractivity contribution in [3.63, 3.8) is 0 Å². The van der Waals surface area contributed by atoms with Crippen LogP contribution in [0.5, 0.6) is 0 Å². The van der Waals surface area contributed by atoms with E-state index in [0.29, 0.717) is 6.04 Å². The van der Waals surface area contributed by atoms with Crippen LogP contribution in [0.15, 0.2) is 24.4 Å². The van der Waals surface area contributed by atoms with Gasteiger partial charge < -0.3 is 10.3 Å². The molecule has 1 unspecified atom stereocenters. The van der Waals surface area contributed by atoms with Crippen LogP contribution in [0.3, 0.4) is 0 Å². The smallest absolute Gasteiger partial charge is 0.0472 e. The van der Waals surface area contributed by atoms with Gasteiger partial charge >= 0.3 is 0 Å². The average Bonchev–Trinajstić information content (AvgIpc) is 2.66. The summed E-state index contributed by atoms with van der Waals surface area (Å²) in [5.74, 6) is 0. The van der Waals surface area contributed by atoms with Crippen molar-refractivity contribution >= 4 is 22.5 Å². The molecule has 0 radical (unpaired) electrons. The van der Waals surface area contributed by atoms with Gasteiger partial charge in [0.25, 0.3) is 0 Å². The van der Waals surface area contributed by atoms with Crippen LogP contribution in [-0.2, 0) is 6.54 Å². The third kappa shape index (κ3) is 3.00. The van der Waals surface area contributed by atoms with E-state index in [-0.39, 0.29) is 0 Å². The highest BCUT2D eigenvalue weighted by Crippen LogP contribution is 2.24. The molecule has 1 fully saturated rings. The molecule has 1 aliphatic rings. The summed E-state index contributed by atoms with van der Waals surface area (Å²) in [5, 5.41) is 5.55. The summed E-state index contributed by atoms with van der Waals surface area (Å²) in [7, 11) is 2.24. The van der Waals surface area contributed by atoms with E-state index in [1.165, 1.54) is 30.2 Å². The van der Waals surface area contributed by atoms with Gasteiger partial charge in [-0.05, 0) is 57.1 Å². The maximum atomic E-state index is 6.04. The Balaban J connectivity index is 1.75. The van der Waals surface area contributed by atoms with Crippen molar-refractivity contribution in [3.05, 3.63) is 35.0 Å². The number of benzene rings is 1. The topological polar surface area (TPSA) is 31.1 Å². The third-order valence-corrected chi connectivity index (χ3v) is 4.55. The maximum absolute atomic E-state index is 6.04. The van der Waals surface area contributed by atoms with E-state index in [1.54, 1.807) is 0 Å². The number of hydrogen-bond donors (Lipinski definition) is 2. The molecule has 0 amide bonds. The number of rotatable bonds is 3. The highest BCUT2D eigenvalue weighted by molar-refractivity contribution is 6.31. The van der Waals surface area contributed by atoms with Gasteiger partial charge in [0.05, 0.1) is 0 Å². The van der Waals surface area contributed by atoms with E-state index in [9.17, 15) is 0 Å². The van der Waals surface area contributed by atoms with Gasteiger partial charge in [-0.15, -0.1) is 0 Å². The second kappa shape index (κ2) is 6.17. The Morgan fingerprint density at radius 2 is 2.20 bits per heavy atom. The normalized spacial score (nSPS) is 20.4. The van der Waals surface area contributed by atoms with Crippen LogP contribution in [-0.4, -0.2) is 36.1 Å². The van der Waals surface area contributed by atoms with Crippen LogP contribution in [0.25, 0.3) is 10.9 Å². The van der Waals surface area contributed by atoms with Crippen molar-refractivity contribution in [2.75, 3.05) is 20.1 Å². The number of H-pyrrole nitrogens is 1. The molecule has 3 rings (SSSR count). The summed E-state index contributed by atoms with van der Waals surface area (Å²) in [6.45, 7) is 3.29. The zero-order valence-electron chi connectivity index (χ0n) is 12.0. The summed E-state index contributed by atoms with van der Waals surface area (Å²) in [5.41, 5.74) is 2.49. The molecule has 0 saturated carbocycles. The number of halogens is 1. The molecule has 0 bridgehead atoms. The lowest BCUT2D eigenvalue weighted by Gasteiger charge is -2.26. The van der Waals surface area contributed by atoms with Gasteiger partial charge in [-0.1, -0.05) is 17.7 Å². The predicted octanol–water partition coefficient (Wildman–Crippen LogP) is 3.40. The number of aromatic nitrogens is 1. The molecule has 4 heteroatoms. The summed E-state index contributed by atoms with van der Waals surface area (Å²) >= 11 is 6.04. The summed E-state index contributed by atoms with van der Waals surface area (Å²) in [6.07, 6.45) is 5.92. The first-order chi connectivity index (χ1) is 9.74. The Hall–Kier alpha value is -1.03. The Labute approximate surface area is 125 Å². The van der Waals surface area contributed by atoms with Crippen LogP contribution in [0.2, 0.25) is 5.02 Å². The number of nitrogens with one attached hydrogen (secondary N) is 2. The van der Waals surface area contributed by atoms with E-state index in [4.69, 9.17) is 11.6 Å². The second-order valence-corrected chi connectivity index (χ2v) is 6.19. The minimum absolute atomic E-state index is 0.683. The predicted molar refractivity (Wildman–Crippen MR) is 85.3 cm³/mol. The Kier molecular flexibility index (Phi) is 4.29. The second-order valence-electron chi connectivity index (χ2n) is 5.75. The van der Waals surface area contributed by atoms with Crippen LogP contribution < -0.4 is 5.32 Å². The van der Waals surface area contributed by atoms with Crippen molar-refractivity contribution in [1.82, 2.24) is 15.2 Å². The highest BCUT2D eigenvalue weighted by atomic mass is 35.5. The first-order valence-electron chi connectivity index (χ1n) is 7.40. The molecule has 20 heavy (non-hydrogen) atoms. The lowest BCUT2D eigenvalue weighted by atomic mass is 10.1. The molecule has 1 atom stereocenters. The van der Waals surface area contributed by atoms with Crippen molar-refractivity contribution < 1.29 is 0 Å². The first-order valence-corrected chi connectivity index (χ1v) is 7.78. The van der Waals surface area contributed by atoms with Gasteiger partial charge in [0.2, 0.25) is 0 Å². The van der Waals surface area contributed by atoms with Gasteiger partial charge in [0.15, 0.2) is 0 Å². The van der Waals surface area contributed by atoms with Crippen LogP contribution >= 0.6 is 11.6 Å². The van der Waals surface area contributed by atoms with Gasteiger partial charge in [-0.2, -0.15) is 0 Å². The fraction of sp³-hybridized carbons (Fsp3) is 0.500. The number of aromatic amines is 1. The van der Waals surface area contributed by atoms with Crippen molar-refractivity contribution in [2.24, 2.45) is 0 Å². The number of hydrogen-bond acceptors (Lipinski definition) is 2. The van der Waals surface area contributed by atoms with E-state index in [1.807, 2.05) is 12.1 Å². The van der Waals surface area contributed by atoms with Crippen LogP contribution in [0.4, 0.5) is 0 Å². The molecular formula is C16H22ClN3. The number of fused-ring (bicyclic) bond motifs is 1. The SMILES string of the molecule is CN(Cc1c[nH]c2cc(Cl)ccc12)C1CCCNCC1. The zero-order valence-corrected chi connectivity index (χ0v) is 12.7. The molecule has 1 aromatic heterocycles. The fourth-order valence-corrected chi connectivity index (χ4v) is 3.30. The van der Waals surface area contributed by atoms with Crippen molar-refractivity contribution in [3.8, 4) is 0 Å². The lowest BCUT2D eigenvalue weighted by Crippen LogP contribution is -2.31. The van der Waals surface area contributed by atoms with Crippen molar-refractivity contribution in [2.45, 2.75) is 31.8 Å². The monoisotopic (exact) mass is 291 g/mol. The van der Waals surface area contributed by atoms with Gasteiger partial charge in [-0.3, -0.25) is 4.90 Å². The maximum Gasteiger partial charge on any atom is 0.0472 e. The van der Waals surface area contributed by atoms with E-state index in [0.717, 1.165) is 30.2 Å². The lowest BCUT2D eigenvalue weighted by molar-refractivity contribution is 0.217. The largest absolute Gasteiger partial charge is 0.361 e. The molecule has 2 aromatic rings. The minimum atomic E-state index is 0.683. The molecule has 3 nitrogen and oxygen atoms in total. The molecular weight excluding hydrogens is 270 g/mol. The zero-order chi connectivity index (χ0) is 13.9. The minimum Gasteiger partial charge on any atom is -0.361 e. The fourth-order valence-electron chi connectivity index (χ4n) is 3.13. The quantitative estimate of drug-likeness (QED) is 0.908. The molecule has 1 aromatic carbocycles. The molecule has 108 valence electrons. The van der Waals surface area contributed by atoms with Gasteiger partial charge in [-0.25, -0.2) is 0 Å². The summed E-state index contributed by atoms with van der Waals surface area (Å²) < 4.78 is 0. The standard InChI is InChI=1S/C16H22ClN3/c1-20(14-3-2-7-18-8-6-14)11-12-10-19-16-9-13(17)4-5-15(12)16/h4-5,9-10,14,18-19H,2-3,6-8,11H2,1H3. The molecule has 2 heterocycles. The van der Waals surface area contributed by atoms with E-state index in [2.05, 4.69) is 34.5 Å². The first kappa shape index (κ1) is 13.9. The summed E-state index contributed by atoms with van der Waals surface area (Å²) in [4.78, 5) is 5.82. The Morgan fingerprint density at radius 3 is 3.10 bits per heavy atom. The van der Waals surface area contributed by atoms with Crippen LogP contribution in [0, 0.1) is 0 Å². The molecule has 1 aliphatic heterocycles. The molecule has 0 spiro atoms. The Morgan fingerprint density at radius 1 is 1.30 bits per heavy atom. The highest BCUT2D eigenvalue weighted by Gasteiger charge is 2.17. The molecule has 2 N–H and O–H groups in total. The van der Waals surface area contributed by atoms with Crippen molar-refractivity contribution in [1.29, 1.82) is 0 Å². The van der Waals surface area contributed by atoms with Gasteiger partial charge in [0, 0.05) is 34.7 Å². The summed E-state index contributed by atoms with van der Waals surface area (Å²) in [6, 6.07) is 6.76. The van der Waals surface area contributed by atoms with Gasteiger partial charge in [0.1, 0.15) is 0 Å². The van der Waals surface area contributed by atoms with E-state index < -0.39 is 0 Å². The third-order valence-electron chi connectivity index (χ3n) is 4.32. The van der Waals surface area contributed by atoms with Crippen LogP contribution in [0.1, 0.15) is 24.8 Å². The molecule has 1 saturated heterocycles. The molecule has 0 aliphatic carbocycles. The van der Waals surface area contributed by atoms with E-state index >= 15 is 0 Å².